The Morgan fingerprint density at radius 1 is 0.417 bits per heavy atom. The minimum absolute atomic E-state index is 0.0236. The maximum atomic E-state index is 3.84. The minimum Gasteiger partial charge on any atom is -0.374 e. The van der Waals surface area contributed by atoms with E-state index in [1.54, 1.807) is 0 Å². The average molecular weight is 614 g/mol. The number of aromatic nitrogens is 2. The summed E-state index contributed by atoms with van der Waals surface area (Å²) in [6, 6.07) is 61.5. The topological polar surface area (TPSA) is 21.9 Å². The fourth-order valence-corrected chi connectivity index (χ4v) is 7.78. The molecule has 0 aliphatic carbocycles. The van der Waals surface area contributed by atoms with E-state index in [0.29, 0.717) is 0 Å². The molecule has 10 rings (SSSR count). The van der Waals surface area contributed by atoms with Crippen LogP contribution in [0.2, 0.25) is 0 Å². The lowest BCUT2D eigenvalue weighted by molar-refractivity contribution is 0.967. The summed E-state index contributed by atoms with van der Waals surface area (Å²) in [5, 5.41) is 8.88. The summed E-state index contributed by atoms with van der Waals surface area (Å²) in [5.41, 5.74) is 13.2. The molecule has 0 bridgehead atoms. The van der Waals surface area contributed by atoms with E-state index in [9.17, 15) is 0 Å². The highest BCUT2D eigenvalue weighted by molar-refractivity contribution is 6.19. The van der Waals surface area contributed by atoms with E-state index in [1.807, 2.05) is 0 Å². The maximum Gasteiger partial charge on any atom is 0.0708 e. The first-order valence-electron chi connectivity index (χ1n) is 16.6. The van der Waals surface area contributed by atoms with Crippen molar-refractivity contribution < 1.29 is 0 Å². The van der Waals surface area contributed by atoms with Crippen molar-refractivity contribution in [3.8, 4) is 11.4 Å². The van der Waals surface area contributed by atoms with Gasteiger partial charge in [-0.15, -0.1) is 0 Å². The minimum atomic E-state index is 0.0236. The Labute approximate surface area is 278 Å². The van der Waals surface area contributed by atoms with Crippen LogP contribution in [0, 0.1) is 0 Å². The third-order valence-corrected chi connectivity index (χ3v) is 9.91. The zero-order valence-corrected chi connectivity index (χ0v) is 26.2. The van der Waals surface area contributed by atoms with Crippen LogP contribution in [0.25, 0.3) is 60.6 Å². The SMILES string of the molecule is C1=C(c2ccccc2)c2ccccc2NC1c1cccc(-n2c3ccccc3c3cc4c5ccccc5n(-c5ccccc5)c4cc32)c1. The van der Waals surface area contributed by atoms with Crippen LogP contribution in [0.15, 0.2) is 176 Å². The fraction of sp³-hybridized carbons (Fsp3) is 0.0222. The molecule has 1 N–H and O–H groups in total. The van der Waals surface area contributed by atoms with Crippen LogP contribution in [-0.4, -0.2) is 9.13 Å². The van der Waals surface area contributed by atoms with Gasteiger partial charge in [0.2, 0.25) is 0 Å². The number of hydrogen-bond acceptors (Lipinski definition) is 1. The monoisotopic (exact) mass is 613 g/mol. The van der Waals surface area contributed by atoms with Gasteiger partial charge in [-0.1, -0.05) is 115 Å². The van der Waals surface area contributed by atoms with Gasteiger partial charge in [0.25, 0.3) is 0 Å². The Morgan fingerprint density at radius 3 is 1.73 bits per heavy atom. The van der Waals surface area contributed by atoms with Crippen molar-refractivity contribution >= 4 is 54.9 Å². The normalized spacial score (nSPS) is 14.3. The van der Waals surface area contributed by atoms with Crippen LogP contribution in [0.5, 0.6) is 0 Å². The van der Waals surface area contributed by atoms with Crippen LogP contribution < -0.4 is 5.32 Å². The highest BCUT2D eigenvalue weighted by atomic mass is 15.0. The standard InChI is InChI=1S/C45H31N3/c1-3-14-30(15-4-1)37-28-41(46-40-23-10-7-20-34(37)40)31-16-13-19-33(26-31)48-43-25-12-9-22-36(43)39-27-38-35-21-8-11-24-42(35)47(44(38)29-45(39)48)32-17-5-2-6-18-32/h1-29,41,46H. The first kappa shape index (κ1) is 26.9. The average Bonchev–Trinajstić information content (AvgIpc) is 3.66. The van der Waals surface area contributed by atoms with Gasteiger partial charge < -0.3 is 14.5 Å². The highest BCUT2D eigenvalue weighted by Gasteiger charge is 2.22. The molecule has 0 fully saturated rings. The van der Waals surface area contributed by atoms with Gasteiger partial charge in [-0.25, -0.2) is 0 Å². The molecule has 1 unspecified atom stereocenters. The molecule has 1 aliphatic heterocycles. The summed E-state index contributed by atoms with van der Waals surface area (Å²) in [7, 11) is 0. The lowest BCUT2D eigenvalue weighted by Crippen LogP contribution is -2.15. The number of anilines is 1. The second-order valence-corrected chi connectivity index (χ2v) is 12.6. The van der Waals surface area contributed by atoms with Crippen LogP contribution >= 0.6 is 0 Å². The first-order valence-corrected chi connectivity index (χ1v) is 16.6. The number of benzene rings is 7. The molecule has 0 spiro atoms. The first-order chi connectivity index (χ1) is 23.8. The van der Waals surface area contributed by atoms with Crippen LogP contribution in [0.4, 0.5) is 5.69 Å². The molecule has 0 saturated carbocycles. The van der Waals surface area contributed by atoms with E-state index in [-0.39, 0.29) is 6.04 Å². The number of para-hydroxylation sites is 4. The Hall–Kier alpha value is -6.32. The zero-order valence-electron chi connectivity index (χ0n) is 26.2. The molecule has 0 radical (unpaired) electrons. The van der Waals surface area contributed by atoms with Crippen molar-refractivity contribution in [1.82, 2.24) is 9.13 Å². The summed E-state index contributed by atoms with van der Waals surface area (Å²) in [6.07, 6.45) is 2.38. The lowest BCUT2D eigenvalue weighted by Gasteiger charge is -2.27. The Kier molecular flexibility index (Phi) is 5.94. The number of rotatable bonds is 4. The van der Waals surface area contributed by atoms with Crippen molar-refractivity contribution in [2.75, 3.05) is 5.32 Å². The molecule has 0 amide bonds. The summed E-state index contributed by atoms with van der Waals surface area (Å²) in [4.78, 5) is 0. The van der Waals surface area contributed by atoms with Crippen molar-refractivity contribution in [2.24, 2.45) is 0 Å². The molecule has 226 valence electrons. The molecular weight excluding hydrogens is 583 g/mol. The maximum absolute atomic E-state index is 3.84. The quantitative estimate of drug-likeness (QED) is 0.210. The van der Waals surface area contributed by atoms with Gasteiger partial charge in [-0.3, -0.25) is 0 Å². The smallest absolute Gasteiger partial charge is 0.0708 e. The number of nitrogens with one attached hydrogen (secondary N) is 1. The van der Waals surface area contributed by atoms with Gasteiger partial charge in [0, 0.05) is 44.2 Å². The molecule has 2 aromatic heterocycles. The molecule has 3 nitrogen and oxygen atoms in total. The van der Waals surface area contributed by atoms with Gasteiger partial charge in [0.15, 0.2) is 0 Å². The summed E-state index contributed by atoms with van der Waals surface area (Å²) < 4.78 is 4.85. The van der Waals surface area contributed by atoms with E-state index >= 15 is 0 Å². The Balaban J connectivity index is 1.20. The van der Waals surface area contributed by atoms with Crippen molar-refractivity contribution in [2.45, 2.75) is 6.04 Å². The Bertz CT molecular complexity index is 2690. The molecule has 3 heterocycles. The predicted molar refractivity (Wildman–Crippen MR) is 201 cm³/mol. The predicted octanol–water partition coefficient (Wildman–Crippen LogP) is 11.5. The molecule has 9 aromatic rings. The molecule has 3 heteroatoms. The van der Waals surface area contributed by atoms with E-state index in [4.69, 9.17) is 0 Å². The van der Waals surface area contributed by atoms with Gasteiger partial charge >= 0.3 is 0 Å². The molecule has 1 aliphatic rings. The summed E-state index contributed by atoms with van der Waals surface area (Å²) in [5.74, 6) is 0. The summed E-state index contributed by atoms with van der Waals surface area (Å²) in [6.45, 7) is 0. The van der Waals surface area contributed by atoms with E-state index in [0.717, 1.165) is 17.1 Å². The van der Waals surface area contributed by atoms with Crippen LogP contribution in [0.1, 0.15) is 22.7 Å². The van der Waals surface area contributed by atoms with Gasteiger partial charge in [-0.2, -0.15) is 0 Å². The summed E-state index contributed by atoms with van der Waals surface area (Å²) >= 11 is 0. The van der Waals surface area contributed by atoms with Gasteiger partial charge in [0.1, 0.15) is 0 Å². The van der Waals surface area contributed by atoms with E-state index in [1.165, 1.54) is 65.9 Å². The molecule has 1 atom stereocenters. The van der Waals surface area contributed by atoms with Crippen molar-refractivity contribution in [1.29, 1.82) is 0 Å². The largest absolute Gasteiger partial charge is 0.374 e. The second-order valence-electron chi connectivity index (χ2n) is 12.6. The number of hydrogen-bond donors (Lipinski definition) is 1. The zero-order chi connectivity index (χ0) is 31.6. The van der Waals surface area contributed by atoms with E-state index in [2.05, 4.69) is 190 Å². The van der Waals surface area contributed by atoms with Crippen LogP contribution in [-0.2, 0) is 0 Å². The molecule has 0 saturated heterocycles. The second kappa shape index (κ2) is 10.6. The lowest BCUT2D eigenvalue weighted by atomic mass is 9.89. The molecule has 48 heavy (non-hydrogen) atoms. The van der Waals surface area contributed by atoms with Crippen molar-refractivity contribution in [3.05, 3.63) is 193 Å². The third-order valence-electron chi connectivity index (χ3n) is 9.91. The molecule has 7 aromatic carbocycles. The Morgan fingerprint density at radius 2 is 1.00 bits per heavy atom. The molecular formula is C45H31N3. The fourth-order valence-electron chi connectivity index (χ4n) is 7.78. The van der Waals surface area contributed by atoms with Crippen molar-refractivity contribution in [3.63, 3.8) is 0 Å². The number of nitrogens with zero attached hydrogens (tertiary/aromatic N) is 2. The van der Waals surface area contributed by atoms with Crippen LogP contribution in [0.3, 0.4) is 0 Å². The highest BCUT2D eigenvalue weighted by Crippen LogP contribution is 2.41. The third kappa shape index (κ3) is 4.08. The van der Waals surface area contributed by atoms with Gasteiger partial charge in [0.05, 0.1) is 28.1 Å². The number of fused-ring (bicyclic) bond motifs is 7. The van der Waals surface area contributed by atoms with E-state index < -0.39 is 0 Å². The van der Waals surface area contributed by atoms with Gasteiger partial charge in [-0.05, 0) is 77.4 Å².